The molecule has 146 valence electrons. The zero-order valence-corrected chi connectivity index (χ0v) is 16.7. The highest BCUT2D eigenvalue weighted by Gasteiger charge is 2.48. The molecule has 0 heterocycles. The first kappa shape index (κ1) is 19.8. The lowest BCUT2D eigenvalue weighted by molar-refractivity contribution is -0.122. The zero-order valence-electron chi connectivity index (χ0n) is 16.7. The lowest BCUT2D eigenvalue weighted by Crippen LogP contribution is -2.20. The Balaban J connectivity index is 1.56. The molecule has 5 heteroatoms. The van der Waals surface area contributed by atoms with Crippen LogP contribution < -0.4 is 10.6 Å². The molecule has 2 unspecified atom stereocenters. The fourth-order valence-electron chi connectivity index (χ4n) is 3.11. The van der Waals surface area contributed by atoms with Gasteiger partial charge in [-0.05, 0) is 48.6 Å². The number of hydrogen-bond donors (Lipinski definition) is 2. The normalized spacial score (nSPS) is 18.3. The number of Topliss-reactive ketones (excluding diaryl/α,β-unsaturated/α-hetero) is 1. The molecule has 2 aromatic carbocycles. The Labute approximate surface area is 165 Å². The summed E-state index contributed by atoms with van der Waals surface area (Å²) in [5.74, 6) is -1.05. The van der Waals surface area contributed by atoms with E-state index in [0.29, 0.717) is 17.7 Å². The summed E-state index contributed by atoms with van der Waals surface area (Å²) in [7, 11) is 0. The van der Waals surface area contributed by atoms with Crippen LogP contribution in [0.5, 0.6) is 0 Å². The smallest absolute Gasteiger partial charge is 0.228 e. The topological polar surface area (TPSA) is 75.3 Å². The van der Waals surface area contributed by atoms with Gasteiger partial charge in [-0.3, -0.25) is 14.4 Å². The minimum atomic E-state index is -0.338. The van der Waals surface area contributed by atoms with Gasteiger partial charge in [-0.15, -0.1) is 0 Å². The van der Waals surface area contributed by atoms with Crippen molar-refractivity contribution < 1.29 is 14.4 Å². The number of rotatable bonds is 5. The van der Waals surface area contributed by atoms with Crippen molar-refractivity contribution in [1.82, 2.24) is 0 Å². The Hall–Kier alpha value is -2.95. The van der Waals surface area contributed by atoms with Crippen molar-refractivity contribution in [3.63, 3.8) is 0 Å². The fraction of sp³-hybridized carbons (Fsp3) is 0.348. The van der Waals surface area contributed by atoms with Crippen molar-refractivity contribution in [1.29, 1.82) is 0 Å². The van der Waals surface area contributed by atoms with Gasteiger partial charge in [0.25, 0.3) is 0 Å². The predicted molar refractivity (Wildman–Crippen MR) is 110 cm³/mol. The van der Waals surface area contributed by atoms with Crippen LogP contribution in [0.25, 0.3) is 0 Å². The van der Waals surface area contributed by atoms with E-state index in [1.807, 2.05) is 24.3 Å². The first-order valence-corrected chi connectivity index (χ1v) is 9.48. The molecule has 5 nitrogen and oxygen atoms in total. The zero-order chi connectivity index (χ0) is 20.5. The summed E-state index contributed by atoms with van der Waals surface area (Å²) in [6.45, 7) is 7.90. The molecule has 0 saturated heterocycles. The fourth-order valence-corrected chi connectivity index (χ4v) is 3.11. The van der Waals surface area contributed by atoms with Crippen LogP contribution >= 0.6 is 0 Å². The van der Waals surface area contributed by atoms with Gasteiger partial charge in [0, 0.05) is 16.9 Å². The molecule has 1 aliphatic carbocycles. The van der Waals surface area contributed by atoms with Gasteiger partial charge >= 0.3 is 0 Å². The van der Waals surface area contributed by atoms with Gasteiger partial charge in [0.1, 0.15) is 0 Å². The van der Waals surface area contributed by atoms with Gasteiger partial charge in [0.15, 0.2) is 5.78 Å². The second-order valence-electron chi connectivity index (χ2n) is 8.39. The quantitative estimate of drug-likeness (QED) is 0.757. The van der Waals surface area contributed by atoms with Crippen LogP contribution in [-0.4, -0.2) is 17.6 Å². The molecule has 2 aromatic rings. The second kappa shape index (κ2) is 7.58. The highest BCUT2D eigenvalue weighted by molar-refractivity contribution is 6.04. The number of carbonyl (C=O) groups is 3. The van der Waals surface area contributed by atoms with E-state index in [9.17, 15) is 14.4 Å². The molecular weight excluding hydrogens is 352 g/mol. The van der Waals surface area contributed by atoms with Crippen LogP contribution in [0.2, 0.25) is 0 Å². The van der Waals surface area contributed by atoms with Crippen LogP contribution in [0.3, 0.4) is 0 Å². The van der Waals surface area contributed by atoms with Crippen molar-refractivity contribution in [3.8, 4) is 0 Å². The van der Waals surface area contributed by atoms with Crippen molar-refractivity contribution >= 4 is 29.0 Å². The van der Waals surface area contributed by atoms with E-state index in [-0.39, 0.29) is 34.8 Å². The van der Waals surface area contributed by atoms with E-state index in [0.717, 1.165) is 5.69 Å². The van der Waals surface area contributed by atoms with Crippen LogP contribution in [0.1, 0.15) is 50.0 Å². The largest absolute Gasteiger partial charge is 0.326 e. The molecule has 0 spiro atoms. The first-order valence-electron chi connectivity index (χ1n) is 9.48. The summed E-state index contributed by atoms with van der Waals surface area (Å²) in [5, 5.41) is 5.69. The van der Waals surface area contributed by atoms with Gasteiger partial charge in [-0.2, -0.15) is 0 Å². The molecule has 1 aliphatic rings. The number of amides is 2. The molecule has 1 saturated carbocycles. The van der Waals surface area contributed by atoms with Crippen molar-refractivity contribution in [2.45, 2.75) is 39.5 Å². The van der Waals surface area contributed by atoms with Gasteiger partial charge in [0.05, 0.1) is 11.8 Å². The third-order valence-electron chi connectivity index (χ3n) is 5.02. The Bertz CT molecular complexity index is 910. The number of hydrogen-bond acceptors (Lipinski definition) is 3. The summed E-state index contributed by atoms with van der Waals surface area (Å²) in [6, 6.07) is 14.6. The molecule has 0 bridgehead atoms. The third-order valence-corrected chi connectivity index (χ3v) is 5.02. The van der Waals surface area contributed by atoms with E-state index in [4.69, 9.17) is 0 Å². The number of carbonyl (C=O) groups excluding carboxylic acids is 3. The number of nitrogens with one attached hydrogen (secondary N) is 2. The Morgan fingerprint density at radius 2 is 1.43 bits per heavy atom. The van der Waals surface area contributed by atoms with Crippen LogP contribution in [0.15, 0.2) is 48.5 Å². The molecular formula is C23H26N2O3. The van der Waals surface area contributed by atoms with E-state index in [1.165, 1.54) is 12.5 Å². The summed E-state index contributed by atoms with van der Waals surface area (Å²) in [6.07, 6.45) is 0.532. The maximum Gasteiger partial charge on any atom is 0.228 e. The molecule has 0 aliphatic heterocycles. The average Bonchev–Trinajstić information content (AvgIpc) is 3.42. The summed E-state index contributed by atoms with van der Waals surface area (Å²) >= 11 is 0. The molecule has 0 radical (unpaired) electrons. The lowest BCUT2D eigenvalue weighted by Gasteiger charge is -2.19. The molecule has 1 fully saturated rings. The van der Waals surface area contributed by atoms with E-state index < -0.39 is 0 Å². The maximum absolute atomic E-state index is 12.4. The van der Waals surface area contributed by atoms with E-state index in [2.05, 4.69) is 31.4 Å². The molecule has 3 rings (SSSR count). The lowest BCUT2D eigenvalue weighted by atomic mass is 9.87. The highest BCUT2D eigenvalue weighted by atomic mass is 16.2. The number of ketones is 1. The van der Waals surface area contributed by atoms with Gasteiger partial charge < -0.3 is 10.6 Å². The minimum absolute atomic E-state index is 0.0574. The van der Waals surface area contributed by atoms with E-state index >= 15 is 0 Å². The Morgan fingerprint density at radius 1 is 0.857 bits per heavy atom. The van der Waals surface area contributed by atoms with Crippen molar-refractivity contribution in [3.05, 3.63) is 59.7 Å². The van der Waals surface area contributed by atoms with Gasteiger partial charge in [-0.1, -0.05) is 45.0 Å². The average molecular weight is 378 g/mol. The maximum atomic E-state index is 12.4. The number of anilines is 2. The monoisotopic (exact) mass is 378 g/mol. The van der Waals surface area contributed by atoms with Gasteiger partial charge in [-0.25, -0.2) is 0 Å². The standard InChI is InChI=1S/C23H26N2O3/c1-14(26)15-6-5-7-18(12-15)25-22(28)20-13-19(20)21(27)24-17-10-8-16(9-11-17)23(2,3)4/h5-12,19-20H,13H2,1-4H3,(H,24,27)(H,25,28). The Morgan fingerprint density at radius 3 is 1.96 bits per heavy atom. The van der Waals surface area contributed by atoms with Crippen LogP contribution in [0.4, 0.5) is 11.4 Å². The van der Waals surface area contributed by atoms with Crippen LogP contribution in [0, 0.1) is 11.8 Å². The van der Waals surface area contributed by atoms with Crippen molar-refractivity contribution in [2.75, 3.05) is 10.6 Å². The minimum Gasteiger partial charge on any atom is -0.326 e. The van der Waals surface area contributed by atoms with E-state index in [1.54, 1.807) is 24.3 Å². The second-order valence-corrected chi connectivity index (χ2v) is 8.39. The van der Waals surface area contributed by atoms with Crippen molar-refractivity contribution in [2.24, 2.45) is 11.8 Å². The molecule has 0 aromatic heterocycles. The SMILES string of the molecule is CC(=O)c1cccc(NC(=O)C2CC2C(=O)Nc2ccc(C(C)(C)C)cc2)c1. The molecule has 2 atom stereocenters. The summed E-state index contributed by atoms with van der Waals surface area (Å²) in [4.78, 5) is 36.3. The molecule has 2 amide bonds. The molecule has 2 N–H and O–H groups in total. The summed E-state index contributed by atoms with van der Waals surface area (Å²) < 4.78 is 0. The third kappa shape index (κ3) is 4.66. The van der Waals surface area contributed by atoms with Gasteiger partial charge in [0.2, 0.25) is 11.8 Å². The van der Waals surface area contributed by atoms with Crippen LogP contribution in [-0.2, 0) is 15.0 Å². The summed E-state index contributed by atoms with van der Waals surface area (Å²) in [5.41, 5.74) is 3.10. The molecule has 28 heavy (non-hydrogen) atoms. The predicted octanol–water partition coefficient (Wildman–Crippen LogP) is 4.40. The number of benzene rings is 2. The first-order chi connectivity index (χ1) is 13.1. The highest BCUT2D eigenvalue weighted by Crippen LogP contribution is 2.40. The Kier molecular flexibility index (Phi) is 5.36.